The number of benzene rings is 1. The second kappa shape index (κ2) is 10.1. The van der Waals surface area contributed by atoms with E-state index in [9.17, 15) is 8.42 Å². The fourth-order valence-corrected chi connectivity index (χ4v) is 5.61. The number of hydrogen-bond acceptors (Lipinski definition) is 5. The Morgan fingerprint density at radius 2 is 1.77 bits per heavy atom. The van der Waals surface area contributed by atoms with Gasteiger partial charge in [0.1, 0.15) is 11.6 Å². The van der Waals surface area contributed by atoms with Crippen LogP contribution in [0, 0.1) is 6.92 Å². The van der Waals surface area contributed by atoms with Crippen LogP contribution in [0.1, 0.15) is 68.2 Å². The van der Waals surface area contributed by atoms with Crippen molar-refractivity contribution >= 4 is 15.8 Å². The van der Waals surface area contributed by atoms with E-state index in [1.807, 2.05) is 6.92 Å². The zero-order valence-electron chi connectivity index (χ0n) is 19.6. The molecule has 2 heterocycles. The van der Waals surface area contributed by atoms with Gasteiger partial charge in [0, 0.05) is 49.8 Å². The van der Waals surface area contributed by atoms with Crippen molar-refractivity contribution in [2.75, 3.05) is 36.8 Å². The molecule has 7 heteroatoms. The zero-order chi connectivity index (χ0) is 22.6. The van der Waals surface area contributed by atoms with Gasteiger partial charge in [-0.05, 0) is 25.3 Å². The Morgan fingerprint density at radius 3 is 2.35 bits per heavy atom. The zero-order valence-corrected chi connectivity index (χ0v) is 20.4. The van der Waals surface area contributed by atoms with E-state index in [2.05, 4.69) is 56.9 Å². The van der Waals surface area contributed by atoms with Gasteiger partial charge in [-0.25, -0.2) is 18.4 Å². The summed E-state index contributed by atoms with van der Waals surface area (Å²) in [6, 6.07) is 8.58. The fourth-order valence-electron chi connectivity index (χ4n) is 4.12. The first kappa shape index (κ1) is 23.7. The van der Waals surface area contributed by atoms with Gasteiger partial charge in [0.25, 0.3) is 0 Å². The first-order valence-corrected chi connectivity index (χ1v) is 13.0. The molecule has 0 saturated carbocycles. The molecule has 1 aliphatic rings. The van der Waals surface area contributed by atoms with Crippen molar-refractivity contribution in [3.05, 3.63) is 52.5 Å². The average Bonchev–Trinajstić information content (AvgIpc) is 2.73. The second-order valence-corrected chi connectivity index (χ2v) is 10.8. The Kier molecular flexibility index (Phi) is 7.70. The van der Waals surface area contributed by atoms with E-state index in [4.69, 9.17) is 9.97 Å². The minimum absolute atomic E-state index is 0.219. The summed E-state index contributed by atoms with van der Waals surface area (Å²) < 4.78 is 26.6. The lowest BCUT2D eigenvalue weighted by Gasteiger charge is -2.36. The molecule has 0 amide bonds. The molecular formula is C24H36N4O2S. The van der Waals surface area contributed by atoms with E-state index >= 15 is 0 Å². The third kappa shape index (κ3) is 5.63. The maximum atomic E-state index is 12.5. The van der Waals surface area contributed by atoms with Crippen LogP contribution in [0.5, 0.6) is 0 Å². The molecule has 31 heavy (non-hydrogen) atoms. The molecule has 1 aromatic heterocycles. The van der Waals surface area contributed by atoms with Crippen LogP contribution < -0.4 is 4.90 Å². The fraction of sp³-hybridized carbons (Fsp3) is 0.583. The van der Waals surface area contributed by atoms with E-state index in [0.29, 0.717) is 32.6 Å². The highest BCUT2D eigenvalue weighted by Gasteiger charge is 2.29. The maximum Gasteiger partial charge on any atom is 0.214 e. The van der Waals surface area contributed by atoms with Gasteiger partial charge in [0.2, 0.25) is 10.0 Å². The van der Waals surface area contributed by atoms with Crippen LogP contribution in [0.15, 0.2) is 24.3 Å². The Balaban J connectivity index is 1.95. The molecule has 1 fully saturated rings. The predicted molar refractivity (Wildman–Crippen MR) is 127 cm³/mol. The normalized spacial score (nSPS) is 15.6. The van der Waals surface area contributed by atoms with E-state index in [-0.39, 0.29) is 11.7 Å². The van der Waals surface area contributed by atoms with Crippen LogP contribution in [0.3, 0.4) is 0 Å². The Morgan fingerprint density at radius 1 is 1.06 bits per heavy atom. The molecule has 2 aromatic rings. The summed E-state index contributed by atoms with van der Waals surface area (Å²) in [5.74, 6) is 2.30. The third-order valence-electron chi connectivity index (χ3n) is 5.80. The van der Waals surface area contributed by atoms with Crippen molar-refractivity contribution in [2.24, 2.45) is 0 Å². The molecule has 0 radical (unpaired) electrons. The van der Waals surface area contributed by atoms with Crippen LogP contribution in [0.4, 0.5) is 5.82 Å². The highest BCUT2D eigenvalue weighted by Crippen LogP contribution is 2.28. The molecule has 1 saturated heterocycles. The predicted octanol–water partition coefficient (Wildman–Crippen LogP) is 3.92. The molecule has 6 nitrogen and oxygen atoms in total. The molecule has 0 N–H and O–H groups in total. The van der Waals surface area contributed by atoms with Gasteiger partial charge in [-0.1, -0.05) is 57.5 Å². The van der Waals surface area contributed by atoms with E-state index in [1.165, 1.54) is 16.7 Å². The summed E-state index contributed by atoms with van der Waals surface area (Å²) in [5.41, 5.74) is 4.76. The Bertz CT molecular complexity index is 997. The monoisotopic (exact) mass is 444 g/mol. The molecule has 0 bridgehead atoms. The number of hydrogen-bond donors (Lipinski definition) is 0. The van der Waals surface area contributed by atoms with Gasteiger partial charge in [-0.15, -0.1) is 0 Å². The molecule has 0 atom stereocenters. The highest BCUT2D eigenvalue weighted by atomic mass is 32.2. The van der Waals surface area contributed by atoms with Crippen molar-refractivity contribution in [1.29, 1.82) is 0 Å². The van der Waals surface area contributed by atoms with E-state index in [1.54, 1.807) is 4.31 Å². The summed E-state index contributed by atoms with van der Waals surface area (Å²) in [6.07, 6.45) is 2.28. The molecule has 0 spiro atoms. The smallest absolute Gasteiger partial charge is 0.214 e. The quantitative estimate of drug-likeness (QED) is 0.617. The standard InChI is InChI=1S/C24H36N4O2S/c1-6-15-31(29,30)28-13-11-27(12-14-28)24-21(17-20-10-8-9-19(5)16-20)22(7-2)25-23(26-24)18(3)4/h8-10,16,18H,6-7,11-15,17H2,1-5H3. The summed E-state index contributed by atoms with van der Waals surface area (Å²) in [5, 5.41) is 0. The second-order valence-electron chi connectivity index (χ2n) is 8.71. The summed E-state index contributed by atoms with van der Waals surface area (Å²) >= 11 is 0. The number of aryl methyl sites for hydroxylation is 2. The van der Waals surface area contributed by atoms with Gasteiger partial charge < -0.3 is 4.90 Å². The molecule has 170 valence electrons. The molecule has 1 aromatic carbocycles. The minimum Gasteiger partial charge on any atom is -0.354 e. The van der Waals surface area contributed by atoms with Crippen molar-refractivity contribution in [3.8, 4) is 0 Å². The van der Waals surface area contributed by atoms with Crippen LogP contribution in [-0.4, -0.2) is 54.6 Å². The van der Waals surface area contributed by atoms with Crippen molar-refractivity contribution in [3.63, 3.8) is 0 Å². The number of anilines is 1. The van der Waals surface area contributed by atoms with E-state index < -0.39 is 10.0 Å². The first-order valence-electron chi connectivity index (χ1n) is 11.4. The van der Waals surface area contributed by atoms with Gasteiger partial charge >= 0.3 is 0 Å². The van der Waals surface area contributed by atoms with Gasteiger partial charge in [-0.3, -0.25) is 0 Å². The Labute approximate surface area is 187 Å². The summed E-state index contributed by atoms with van der Waals surface area (Å²) in [4.78, 5) is 12.2. The minimum atomic E-state index is -3.16. The average molecular weight is 445 g/mol. The third-order valence-corrected chi connectivity index (χ3v) is 7.87. The molecule has 0 unspecified atom stereocenters. The van der Waals surface area contributed by atoms with Gasteiger partial charge in [0.05, 0.1) is 5.75 Å². The van der Waals surface area contributed by atoms with Crippen LogP contribution in [0.25, 0.3) is 0 Å². The topological polar surface area (TPSA) is 66.4 Å². The van der Waals surface area contributed by atoms with Crippen molar-refractivity contribution < 1.29 is 8.42 Å². The number of piperazine rings is 1. The van der Waals surface area contributed by atoms with Gasteiger partial charge in [-0.2, -0.15) is 4.31 Å². The summed E-state index contributed by atoms with van der Waals surface area (Å²) in [7, 11) is -3.16. The SMILES string of the molecule is CCCS(=O)(=O)N1CCN(c2nc(C(C)C)nc(CC)c2Cc2cccc(C)c2)CC1. The number of nitrogens with zero attached hydrogens (tertiary/aromatic N) is 4. The Hall–Kier alpha value is -1.99. The van der Waals surface area contributed by atoms with E-state index in [0.717, 1.165) is 30.2 Å². The number of aromatic nitrogens is 2. The largest absolute Gasteiger partial charge is 0.354 e. The van der Waals surface area contributed by atoms with Gasteiger partial charge in [0.15, 0.2) is 0 Å². The highest BCUT2D eigenvalue weighted by molar-refractivity contribution is 7.89. The molecule has 1 aliphatic heterocycles. The lowest BCUT2D eigenvalue weighted by molar-refractivity contribution is 0.383. The number of sulfonamides is 1. The maximum absolute atomic E-state index is 12.5. The molecular weight excluding hydrogens is 408 g/mol. The first-order chi connectivity index (χ1) is 14.7. The van der Waals surface area contributed by atoms with Crippen LogP contribution >= 0.6 is 0 Å². The van der Waals surface area contributed by atoms with Crippen molar-refractivity contribution in [2.45, 2.75) is 59.8 Å². The van der Waals surface area contributed by atoms with Crippen molar-refractivity contribution in [1.82, 2.24) is 14.3 Å². The van der Waals surface area contributed by atoms with Crippen LogP contribution in [0.2, 0.25) is 0 Å². The lowest BCUT2D eigenvalue weighted by atomic mass is 10.00. The molecule has 0 aliphatic carbocycles. The lowest BCUT2D eigenvalue weighted by Crippen LogP contribution is -2.49. The molecule has 3 rings (SSSR count). The number of rotatable bonds is 8. The van der Waals surface area contributed by atoms with Crippen LogP contribution in [-0.2, 0) is 22.9 Å². The summed E-state index contributed by atoms with van der Waals surface area (Å²) in [6.45, 7) is 12.7.